The van der Waals surface area contributed by atoms with Crippen LogP contribution in [0.5, 0.6) is 0 Å². The molecule has 2 aliphatic rings. The predicted molar refractivity (Wildman–Crippen MR) is 114 cm³/mol. The molecule has 4 rings (SSSR count). The largest absolute Gasteiger partial charge is 0.423 e. The SMILES string of the molecule is Cc1cc2oc(=O)cc(CN3CCN(CC(=O)N4CCCCC4)CC3)c2cc1Cl. The summed E-state index contributed by atoms with van der Waals surface area (Å²) in [5.74, 6) is 0.259. The topological polar surface area (TPSA) is 57.0 Å². The van der Waals surface area contributed by atoms with Crippen molar-refractivity contribution in [2.45, 2.75) is 32.7 Å². The summed E-state index contributed by atoms with van der Waals surface area (Å²) in [6.07, 6.45) is 3.49. The van der Waals surface area contributed by atoms with Gasteiger partial charge in [0.1, 0.15) is 5.58 Å². The molecule has 2 aromatic rings. The summed E-state index contributed by atoms with van der Waals surface area (Å²) in [5.41, 5.74) is 2.09. The van der Waals surface area contributed by atoms with E-state index in [0.29, 0.717) is 23.7 Å². The van der Waals surface area contributed by atoms with Gasteiger partial charge < -0.3 is 9.32 Å². The van der Waals surface area contributed by atoms with E-state index in [1.54, 1.807) is 6.07 Å². The molecule has 2 aliphatic heterocycles. The van der Waals surface area contributed by atoms with E-state index in [4.69, 9.17) is 16.0 Å². The smallest absolute Gasteiger partial charge is 0.336 e. The molecule has 0 N–H and O–H groups in total. The Kier molecular flexibility index (Phi) is 6.23. The second kappa shape index (κ2) is 8.86. The number of aryl methyl sites for hydroxylation is 1. The van der Waals surface area contributed by atoms with Crippen LogP contribution in [0.1, 0.15) is 30.4 Å². The number of nitrogens with zero attached hydrogens (tertiary/aromatic N) is 3. The van der Waals surface area contributed by atoms with Crippen molar-refractivity contribution in [1.82, 2.24) is 14.7 Å². The first-order chi connectivity index (χ1) is 14.0. The van der Waals surface area contributed by atoms with E-state index in [1.165, 1.54) is 6.42 Å². The van der Waals surface area contributed by atoms with Crippen molar-refractivity contribution in [2.24, 2.45) is 0 Å². The van der Waals surface area contributed by atoms with E-state index >= 15 is 0 Å². The second-order valence-corrected chi connectivity index (χ2v) is 8.59. The van der Waals surface area contributed by atoms with Crippen molar-refractivity contribution in [3.05, 3.63) is 44.8 Å². The van der Waals surface area contributed by atoms with Crippen molar-refractivity contribution in [1.29, 1.82) is 0 Å². The second-order valence-electron chi connectivity index (χ2n) is 8.18. The molecule has 0 spiro atoms. The van der Waals surface area contributed by atoms with Crippen LogP contribution in [-0.2, 0) is 11.3 Å². The summed E-state index contributed by atoms with van der Waals surface area (Å²) in [6, 6.07) is 5.28. The first-order valence-electron chi connectivity index (χ1n) is 10.4. The molecule has 3 heterocycles. The quantitative estimate of drug-likeness (QED) is 0.716. The summed E-state index contributed by atoms with van der Waals surface area (Å²) in [7, 11) is 0. The lowest BCUT2D eigenvalue weighted by Crippen LogP contribution is -2.50. The molecule has 0 saturated carbocycles. The minimum atomic E-state index is -0.333. The number of fused-ring (bicyclic) bond motifs is 1. The maximum absolute atomic E-state index is 12.5. The van der Waals surface area contributed by atoms with Crippen molar-refractivity contribution >= 4 is 28.5 Å². The number of rotatable bonds is 4. The first-order valence-corrected chi connectivity index (χ1v) is 10.8. The molecule has 1 aromatic carbocycles. The van der Waals surface area contributed by atoms with Crippen molar-refractivity contribution < 1.29 is 9.21 Å². The number of piperidine rings is 1. The Balaban J connectivity index is 1.38. The van der Waals surface area contributed by atoms with E-state index < -0.39 is 0 Å². The van der Waals surface area contributed by atoms with Crippen LogP contribution in [0, 0.1) is 6.92 Å². The van der Waals surface area contributed by atoms with Crippen LogP contribution < -0.4 is 5.63 Å². The normalized spacial score (nSPS) is 19.0. The average molecular weight is 418 g/mol. The Labute approximate surface area is 176 Å². The lowest BCUT2D eigenvalue weighted by Gasteiger charge is -2.36. The van der Waals surface area contributed by atoms with Gasteiger partial charge in [0, 0.05) is 62.3 Å². The third kappa shape index (κ3) is 4.82. The monoisotopic (exact) mass is 417 g/mol. The van der Waals surface area contributed by atoms with Crippen LogP contribution in [0.15, 0.2) is 27.4 Å². The van der Waals surface area contributed by atoms with E-state index in [1.807, 2.05) is 24.0 Å². The standard InChI is InChI=1S/C22H28ClN3O3/c1-16-11-20-18(13-19(16)23)17(12-22(28)29-20)14-24-7-9-25(10-8-24)15-21(27)26-5-3-2-4-6-26/h11-13H,2-10,14-15H2,1H3. The molecule has 2 fully saturated rings. The van der Waals surface area contributed by atoms with Crippen LogP contribution >= 0.6 is 11.6 Å². The van der Waals surface area contributed by atoms with Crippen molar-refractivity contribution in [3.63, 3.8) is 0 Å². The number of benzene rings is 1. The Hall–Kier alpha value is -1.89. The van der Waals surface area contributed by atoms with Gasteiger partial charge in [-0.3, -0.25) is 14.6 Å². The number of amides is 1. The molecule has 0 radical (unpaired) electrons. The van der Waals surface area contributed by atoms with E-state index in [0.717, 1.165) is 68.6 Å². The molecular formula is C22H28ClN3O3. The number of hydrogen-bond acceptors (Lipinski definition) is 5. The number of carbonyl (C=O) groups excluding carboxylic acids is 1. The van der Waals surface area contributed by atoms with Crippen LogP contribution in [0.25, 0.3) is 11.0 Å². The van der Waals surface area contributed by atoms with Crippen LogP contribution in [0.2, 0.25) is 5.02 Å². The Morgan fingerprint density at radius 2 is 1.69 bits per heavy atom. The number of hydrogen-bond donors (Lipinski definition) is 0. The fraction of sp³-hybridized carbons (Fsp3) is 0.545. The van der Waals surface area contributed by atoms with Gasteiger partial charge in [-0.15, -0.1) is 0 Å². The van der Waals surface area contributed by atoms with Gasteiger partial charge in [0.05, 0.1) is 6.54 Å². The molecule has 29 heavy (non-hydrogen) atoms. The number of halogens is 1. The third-order valence-electron chi connectivity index (χ3n) is 6.04. The van der Waals surface area contributed by atoms with Gasteiger partial charge in [-0.2, -0.15) is 0 Å². The Morgan fingerprint density at radius 1 is 1.00 bits per heavy atom. The average Bonchev–Trinajstić information content (AvgIpc) is 2.71. The first kappa shape index (κ1) is 20.4. The number of carbonyl (C=O) groups is 1. The fourth-order valence-corrected chi connectivity index (χ4v) is 4.42. The van der Waals surface area contributed by atoms with E-state index in [2.05, 4.69) is 9.80 Å². The van der Waals surface area contributed by atoms with Crippen molar-refractivity contribution in [3.8, 4) is 0 Å². The maximum Gasteiger partial charge on any atom is 0.336 e. The number of piperazine rings is 1. The molecule has 0 aliphatic carbocycles. The molecule has 0 atom stereocenters. The lowest BCUT2D eigenvalue weighted by molar-refractivity contribution is -0.133. The number of likely N-dealkylation sites (tertiary alicyclic amines) is 1. The molecule has 6 nitrogen and oxygen atoms in total. The molecular weight excluding hydrogens is 390 g/mol. The fourth-order valence-electron chi connectivity index (χ4n) is 4.26. The maximum atomic E-state index is 12.5. The van der Waals surface area contributed by atoms with Crippen LogP contribution in [0.3, 0.4) is 0 Å². The van der Waals surface area contributed by atoms with Gasteiger partial charge in [-0.25, -0.2) is 4.79 Å². The van der Waals surface area contributed by atoms with Crippen LogP contribution in [0.4, 0.5) is 0 Å². The molecule has 1 amide bonds. The third-order valence-corrected chi connectivity index (χ3v) is 6.44. The van der Waals surface area contributed by atoms with E-state index in [-0.39, 0.29) is 11.5 Å². The zero-order valence-corrected chi connectivity index (χ0v) is 17.7. The van der Waals surface area contributed by atoms with Gasteiger partial charge in [-0.05, 0) is 49.4 Å². The molecule has 7 heteroatoms. The zero-order chi connectivity index (χ0) is 20.4. The highest BCUT2D eigenvalue weighted by Crippen LogP contribution is 2.26. The molecule has 156 valence electrons. The van der Waals surface area contributed by atoms with Gasteiger partial charge in [0.25, 0.3) is 0 Å². The summed E-state index contributed by atoms with van der Waals surface area (Å²) < 4.78 is 5.36. The highest BCUT2D eigenvalue weighted by atomic mass is 35.5. The minimum Gasteiger partial charge on any atom is -0.423 e. The summed E-state index contributed by atoms with van der Waals surface area (Å²) in [4.78, 5) is 31.1. The van der Waals surface area contributed by atoms with E-state index in [9.17, 15) is 9.59 Å². The highest BCUT2D eigenvalue weighted by molar-refractivity contribution is 6.32. The molecule has 1 aromatic heterocycles. The molecule has 2 saturated heterocycles. The van der Waals surface area contributed by atoms with Gasteiger partial charge in [-0.1, -0.05) is 11.6 Å². The Bertz CT molecular complexity index is 944. The Morgan fingerprint density at radius 3 is 2.41 bits per heavy atom. The molecule has 0 bridgehead atoms. The van der Waals surface area contributed by atoms with Gasteiger partial charge in [0.15, 0.2) is 0 Å². The van der Waals surface area contributed by atoms with Crippen molar-refractivity contribution in [2.75, 3.05) is 45.8 Å². The summed E-state index contributed by atoms with van der Waals surface area (Å²) in [6.45, 7) is 8.37. The van der Waals surface area contributed by atoms with Gasteiger partial charge >= 0.3 is 5.63 Å². The summed E-state index contributed by atoms with van der Waals surface area (Å²) in [5, 5.41) is 1.57. The highest BCUT2D eigenvalue weighted by Gasteiger charge is 2.23. The zero-order valence-electron chi connectivity index (χ0n) is 17.0. The summed E-state index contributed by atoms with van der Waals surface area (Å²) >= 11 is 6.30. The predicted octanol–water partition coefficient (Wildman–Crippen LogP) is 2.88. The minimum absolute atomic E-state index is 0.259. The lowest BCUT2D eigenvalue weighted by atomic mass is 10.1. The van der Waals surface area contributed by atoms with Gasteiger partial charge in [0.2, 0.25) is 5.91 Å². The molecule has 0 unspecified atom stereocenters. The van der Waals surface area contributed by atoms with Crippen LogP contribution in [-0.4, -0.2) is 66.4 Å².